The van der Waals surface area contributed by atoms with E-state index in [0.717, 1.165) is 21.0 Å². The Morgan fingerprint density at radius 3 is 2.42 bits per heavy atom. The minimum atomic E-state index is 0.0351. The van der Waals surface area contributed by atoms with Crippen molar-refractivity contribution in [3.8, 4) is 0 Å². The van der Waals surface area contributed by atoms with Crippen molar-refractivity contribution in [2.45, 2.75) is 13.3 Å². The van der Waals surface area contributed by atoms with Crippen LogP contribution >= 0.6 is 0 Å². The molecule has 0 saturated carbocycles. The molecule has 0 fully saturated rings. The van der Waals surface area contributed by atoms with Crippen LogP contribution in [0.25, 0.3) is 5.20 Å². The highest BCUT2D eigenvalue weighted by atomic mass is 28.1. The zero-order valence-corrected chi connectivity index (χ0v) is 9.47. The largest absolute Gasteiger partial charge is 0.212 e. The van der Waals surface area contributed by atoms with Crippen molar-refractivity contribution in [2.24, 2.45) is 0 Å². The average Bonchev–Trinajstić information content (AvgIpc) is 2.17. The third-order valence-electron chi connectivity index (χ3n) is 1.92. The van der Waals surface area contributed by atoms with Gasteiger partial charge in [-0.05, 0) is 17.2 Å². The molecule has 0 aliphatic carbocycles. The highest BCUT2D eigenvalue weighted by molar-refractivity contribution is 6.42. The zero-order chi connectivity index (χ0) is 8.97. The molecule has 0 radical (unpaired) electrons. The van der Waals surface area contributed by atoms with Crippen molar-refractivity contribution < 1.29 is 4.39 Å². The van der Waals surface area contributed by atoms with Gasteiger partial charge in [-0.2, -0.15) is 0 Å². The van der Waals surface area contributed by atoms with E-state index >= 15 is 0 Å². The monoisotopic (exact) mass is 180 g/mol. The number of hydrogen-bond acceptors (Lipinski definition) is 0. The first-order chi connectivity index (χ1) is 5.75. The summed E-state index contributed by atoms with van der Waals surface area (Å²) in [4.78, 5) is 0. The molecule has 0 aliphatic heterocycles. The minimum Gasteiger partial charge on any atom is -0.212 e. The Hall–Kier alpha value is -0.893. The van der Waals surface area contributed by atoms with Crippen molar-refractivity contribution in [3.63, 3.8) is 0 Å². The van der Waals surface area contributed by atoms with E-state index in [0.29, 0.717) is 6.42 Å². The Morgan fingerprint density at radius 2 is 1.92 bits per heavy atom. The third kappa shape index (κ3) is 2.05. The normalized spacial score (nSPS) is 12.8. The van der Waals surface area contributed by atoms with Crippen molar-refractivity contribution in [3.05, 3.63) is 41.7 Å². The van der Waals surface area contributed by atoms with Crippen molar-refractivity contribution in [1.29, 1.82) is 0 Å². The van der Waals surface area contributed by atoms with E-state index in [1.165, 1.54) is 0 Å². The summed E-state index contributed by atoms with van der Waals surface area (Å²) in [5, 5.41) is 0.887. The SMILES string of the molecule is CCC(F)=C([SiH3])c1ccccc1. The van der Waals surface area contributed by atoms with Crippen LogP contribution in [0.4, 0.5) is 4.39 Å². The van der Waals surface area contributed by atoms with Crippen LogP contribution in [0.1, 0.15) is 18.9 Å². The van der Waals surface area contributed by atoms with Crippen molar-refractivity contribution >= 4 is 15.4 Å². The van der Waals surface area contributed by atoms with Gasteiger partial charge >= 0.3 is 0 Å². The third-order valence-corrected chi connectivity index (χ3v) is 3.04. The van der Waals surface area contributed by atoms with Gasteiger partial charge in [0.1, 0.15) is 0 Å². The molecule has 64 valence electrons. The van der Waals surface area contributed by atoms with Gasteiger partial charge in [0.2, 0.25) is 0 Å². The van der Waals surface area contributed by atoms with Crippen LogP contribution in [-0.2, 0) is 0 Å². The summed E-state index contributed by atoms with van der Waals surface area (Å²) in [7, 11) is 0.775. The van der Waals surface area contributed by atoms with Gasteiger partial charge in [0.15, 0.2) is 0 Å². The molecule has 0 spiro atoms. The molecule has 0 atom stereocenters. The quantitative estimate of drug-likeness (QED) is 0.611. The summed E-state index contributed by atoms with van der Waals surface area (Å²) in [5.41, 5.74) is 1.03. The van der Waals surface area contributed by atoms with E-state index in [9.17, 15) is 4.39 Å². The van der Waals surface area contributed by atoms with E-state index in [1.807, 2.05) is 37.3 Å². The minimum absolute atomic E-state index is 0.0351. The Labute approximate surface area is 75.5 Å². The number of rotatable bonds is 2. The average molecular weight is 180 g/mol. The number of hydrogen-bond donors (Lipinski definition) is 0. The molecule has 0 saturated heterocycles. The Kier molecular flexibility index (Phi) is 3.23. The Balaban J connectivity index is 3.00. The number of allylic oxidation sites excluding steroid dienone is 1. The predicted molar refractivity (Wildman–Crippen MR) is 54.7 cm³/mol. The summed E-state index contributed by atoms with van der Waals surface area (Å²) >= 11 is 0. The van der Waals surface area contributed by atoms with Crippen LogP contribution in [0.3, 0.4) is 0 Å². The van der Waals surface area contributed by atoms with Gasteiger partial charge in [-0.3, -0.25) is 0 Å². The second-order valence-corrected chi connectivity index (χ2v) is 3.75. The highest BCUT2D eigenvalue weighted by Gasteiger charge is 2.00. The van der Waals surface area contributed by atoms with E-state index in [4.69, 9.17) is 0 Å². The molecular formula is C10H13FSi. The van der Waals surface area contributed by atoms with Gasteiger partial charge in [-0.25, -0.2) is 4.39 Å². The van der Waals surface area contributed by atoms with Crippen molar-refractivity contribution in [2.75, 3.05) is 0 Å². The molecule has 0 aromatic heterocycles. The lowest BCUT2D eigenvalue weighted by Crippen LogP contribution is -1.86. The highest BCUT2D eigenvalue weighted by Crippen LogP contribution is 2.17. The first kappa shape index (κ1) is 9.20. The summed E-state index contributed by atoms with van der Waals surface area (Å²) in [6.45, 7) is 1.84. The zero-order valence-electron chi connectivity index (χ0n) is 7.47. The van der Waals surface area contributed by atoms with Crippen molar-refractivity contribution in [1.82, 2.24) is 0 Å². The maximum Gasteiger partial charge on any atom is 0.0984 e. The van der Waals surface area contributed by atoms with Crippen LogP contribution < -0.4 is 0 Å². The van der Waals surface area contributed by atoms with E-state index < -0.39 is 0 Å². The van der Waals surface area contributed by atoms with Gasteiger partial charge in [0, 0.05) is 10.2 Å². The molecule has 0 amide bonds. The summed E-state index contributed by atoms with van der Waals surface area (Å²) in [6.07, 6.45) is 0.508. The molecule has 1 aromatic carbocycles. The van der Waals surface area contributed by atoms with Crippen LogP contribution in [0, 0.1) is 0 Å². The molecule has 12 heavy (non-hydrogen) atoms. The first-order valence-corrected chi connectivity index (χ1v) is 5.16. The van der Waals surface area contributed by atoms with Crippen LogP contribution in [0.2, 0.25) is 0 Å². The Bertz CT molecular complexity index is 277. The lowest BCUT2D eigenvalue weighted by atomic mass is 10.2. The smallest absolute Gasteiger partial charge is 0.0984 e. The van der Waals surface area contributed by atoms with Crippen LogP contribution in [0.5, 0.6) is 0 Å². The second-order valence-electron chi connectivity index (χ2n) is 2.75. The van der Waals surface area contributed by atoms with Gasteiger partial charge in [-0.15, -0.1) is 0 Å². The molecule has 0 heterocycles. The van der Waals surface area contributed by atoms with E-state index in [2.05, 4.69) is 0 Å². The summed E-state index contributed by atoms with van der Waals surface area (Å²) < 4.78 is 13.1. The lowest BCUT2D eigenvalue weighted by Gasteiger charge is -2.02. The van der Waals surface area contributed by atoms with Gasteiger partial charge in [0.25, 0.3) is 0 Å². The topological polar surface area (TPSA) is 0 Å². The molecule has 0 unspecified atom stereocenters. The summed E-state index contributed by atoms with van der Waals surface area (Å²) in [5.74, 6) is 0.0351. The lowest BCUT2D eigenvalue weighted by molar-refractivity contribution is 0.610. The molecule has 0 aliphatic rings. The fourth-order valence-corrected chi connectivity index (χ4v) is 1.80. The molecule has 0 nitrogen and oxygen atoms in total. The van der Waals surface area contributed by atoms with Crippen LogP contribution in [-0.4, -0.2) is 10.2 Å². The second kappa shape index (κ2) is 4.21. The maximum atomic E-state index is 13.1. The molecule has 1 rings (SSSR count). The van der Waals surface area contributed by atoms with E-state index in [-0.39, 0.29) is 5.83 Å². The summed E-state index contributed by atoms with van der Waals surface area (Å²) in [6, 6.07) is 9.74. The number of halogens is 1. The molecular weight excluding hydrogens is 167 g/mol. The Morgan fingerprint density at radius 1 is 1.33 bits per heavy atom. The first-order valence-electron chi connectivity index (χ1n) is 4.16. The molecule has 0 bridgehead atoms. The maximum absolute atomic E-state index is 13.1. The van der Waals surface area contributed by atoms with Gasteiger partial charge < -0.3 is 0 Å². The molecule has 1 aromatic rings. The number of benzene rings is 1. The van der Waals surface area contributed by atoms with Gasteiger partial charge in [0.05, 0.1) is 5.83 Å². The van der Waals surface area contributed by atoms with Crippen LogP contribution in [0.15, 0.2) is 36.2 Å². The predicted octanol–water partition coefficient (Wildman–Crippen LogP) is 2.10. The molecule has 0 N–H and O–H groups in total. The fraction of sp³-hybridized carbons (Fsp3) is 0.200. The van der Waals surface area contributed by atoms with E-state index in [1.54, 1.807) is 0 Å². The van der Waals surface area contributed by atoms with Gasteiger partial charge in [-0.1, -0.05) is 37.3 Å². The fourth-order valence-electron chi connectivity index (χ4n) is 1.11. The standard InChI is InChI=1S/C10H13FSi/c1-2-9(11)10(12)8-6-4-3-5-7-8/h3-7H,2H2,1,12H3. The molecule has 2 heteroatoms.